The third-order valence-electron chi connectivity index (χ3n) is 3.02. The van der Waals surface area contributed by atoms with E-state index in [0.29, 0.717) is 13.0 Å². The van der Waals surface area contributed by atoms with Crippen molar-refractivity contribution < 1.29 is 4.79 Å². The van der Waals surface area contributed by atoms with Crippen LogP contribution in [0.1, 0.15) is 19.4 Å². The molecule has 0 aliphatic heterocycles. The Morgan fingerprint density at radius 1 is 1.26 bits per heavy atom. The molecular formula is C15H25N3O. The topological polar surface area (TPSA) is 58.4 Å². The number of anilines is 1. The Kier molecular flexibility index (Phi) is 5.83. The largest absolute Gasteiger partial charge is 0.378 e. The lowest BCUT2D eigenvalue weighted by Crippen LogP contribution is -2.39. The lowest BCUT2D eigenvalue weighted by molar-refractivity contribution is -0.125. The molecule has 0 saturated carbocycles. The van der Waals surface area contributed by atoms with Gasteiger partial charge >= 0.3 is 0 Å². The number of hydrogen-bond donors (Lipinski definition) is 2. The van der Waals surface area contributed by atoms with Crippen LogP contribution in [0.15, 0.2) is 24.3 Å². The average molecular weight is 263 g/mol. The highest BCUT2D eigenvalue weighted by Gasteiger charge is 2.17. The number of carbonyl (C=O) groups is 1. The molecule has 0 fully saturated rings. The summed E-state index contributed by atoms with van der Waals surface area (Å²) in [5.74, 6) is -0.123. The molecule has 1 rings (SSSR count). The molecule has 0 aliphatic carbocycles. The fraction of sp³-hybridized carbons (Fsp3) is 0.533. The molecule has 0 bridgehead atoms. The number of nitrogens with zero attached hydrogens (tertiary/aromatic N) is 1. The zero-order valence-electron chi connectivity index (χ0n) is 12.3. The second-order valence-electron chi connectivity index (χ2n) is 5.36. The van der Waals surface area contributed by atoms with E-state index in [1.807, 2.05) is 27.9 Å². The molecule has 0 aliphatic rings. The highest BCUT2D eigenvalue weighted by molar-refractivity contribution is 5.79. The van der Waals surface area contributed by atoms with Gasteiger partial charge in [0.25, 0.3) is 0 Å². The van der Waals surface area contributed by atoms with Crippen molar-refractivity contribution in [2.75, 3.05) is 25.5 Å². The van der Waals surface area contributed by atoms with Crippen molar-refractivity contribution in [3.8, 4) is 0 Å². The summed E-state index contributed by atoms with van der Waals surface area (Å²) in [5.41, 5.74) is 8.00. The van der Waals surface area contributed by atoms with Crippen molar-refractivity contribution in [1.82, 2.24) is 5.32 Å². The van der Waals surface area contributed by atoms with E-state index in [4.69, 9.17) is 5.73 Å². The minimum absolute atomic E-state index is 0.0363. The molecular weight excluding hydrogens is 238 g/mol. The van der Waals surface area contributed by atoms with Crippen molar-refractivity contribution >= 4 is 11.6 Å². The predicted molar refractivity (Wildman–Crippen MR) is 80.3 cm³/mol. The van der Waals surface area contributed by atoms with Crippen molar-refractivity contribution in [2.45, 2.75) is 26.3 Å². The molecule has 1 aromatic carbocycles. The molecule has 4 nitrogen and oxygen atoms in total. The van der Waals surface area contributed by atoms with E-state index in [-0.39, 0.29) is 17.9 Å². The Labute approximate surface area is 116 Å². The average Bonchev–Trinajstić information content (AvgIpc) is 2.35. The van der Waals surface area contributed by atoms with Gasteiger partial charge in [-0.15, -0.1) is 0 Å². The Hall–Kier alpha value is -1.55. The monoisotopic (exact) mass is 263 g/mol. The lowest BCUT2D eigenvalue weighted by atomic mass is 9.98. The van der Waals surface area contributed by atoms with Crippen molar-refractivity contribution in [3.63, 3.8) is 0 Å². The summed E-state index contributed by atoms with van der Waals surface area (Å²) in [6, 6.07) is 8.38. The van der Waals surface area contributed by atoms with E-state index in [2.05, 4.69) is 34.5 Å². The highest BCUT2D eigenvalue weighted by Crippen LogP contribution is 2.15. The van der Waals surface area contributed by atoms with Gasteiger partial charge in [-0.2, -0.15) is 0 Å². The molecule has 1 amide bonds. The molecule has 0 spiro atoms. The zero-order valence-corrected chi connectivity index (χ0v) is 12.3. The summed E-state index contributed by atoms with van der Waals surface area (Å²) in [4.78, 5) is 14.0. The summed E-state index contributed by atoms with van der Waals surface area (Å²) in [5, 5.41) is 2.92. The van der Waals surface area contributed by atoms with Crippen LogP contribution in [0.3, 0.4) is 0 Å². The standard InChI is InChI=1S/C15H25N3O/c1-11(2)17-15(19)13(10-16)9-12-5-7-14(8-6-12)18(3)4/h5-8,11,13H,9-10,16H2,1-4H3,(H,17,19). The van der Waals surface area contributed by atoms with Gasteiger partial charge in [-0.25, -0.2) is 0 Å². The first-order valence-electron chi connectivity index (χ1n) is 6.70. The summed E-state index contributed by atoms with van der Waals surface area (Å²) in [7, 11) is 4.02. The van der Waals surface area contributed by atoms with Gasteiger partial charge in [-0.3, -0.25) is 4.79 Å². The summed E-state index contributed by atoms with van der Waals surface area (Å²) in [6.45, 7) is 4.28. The molecule has 0 radical (unpaired) electrons. The summed E-state index contributed by atoms with van der Waals surface area (Å²) >= 11 is 0. The number of nitrogens with one attached hydrogen (secondary N) is 1. The smallest absolute Gasteiger partial charge is 0.224 e. The maximum Gasteiger partial charge on any atom is 0.224 e. The summed E-state index contributed by atoms with van der Waals surface area (Å²) < 4.78 is 0. The molecule has 1 unspecified atom stereocenters. The Morgan fingerprint density at radius 3 is 2.26 bits per heavy atom. The molecule has 19 heavy (non-hydrogen) atoms. The third-order valence-corrected chi connectivity index (χ3v) is 3.02. The van der Waals surface area contributed by atoms with Crippen LogP contribution in [0, 0.1) is 5.92 Å². The molecule has 0 saturated heterocycles. The first kappa shape index (κ1) is 15.5. The van der Waals surface area contributed by atoms with Crippen LogP contribution in [-0.2, 0) is 11.2 Å². The van der Waals surface area contributed by atoms with E-state index in [1.165, 1.54) is 0 Å². The maximum atomic E-state index is 12.0. The van der Waals surface area contributed by atoms with Gasteiger partial charge in [0.1, 0.15) is 0 Å². The normalized spacial score (nSPS) is 12.3. The number of carbonyl (C=O) groups excluding carboxylic acids is 1. The maximum absolute atomic E-state index is 12.0. The molecule has 4 heteroatoms. The first-order chi connectivity index (χ1) is 8.93. The fourth-order valence-electron chi connectivity index (χ4n) is 1.90. The molecule has 0 heterocycles. The van der Waals surface area contributed by atoms with E-state index >= 15 is 0 Å². The molecule has 3 N–H and O–H groups in total. The SMILES string of the molecule is CC(C)NC(=O)C(CN)Cc1ccc(N(C)C)cc1. The van der Waals surface area contributed by atoms with Crippen molar-refractivity contribution in [3.05, 3.63) is 29.8 Å². The molecule has 106 valence electrons. The van der Waals surface area contributed by atoms with Crippen LogP contribution in [0.5, 0.6) is 0 Å². The van der Waals surface area contributed by atoms with Gasteiger partial charge in [0, 0.05) is 32.4 Å². The van der Waals surface area contributed by atoms with Gasteiger partial charge in [-0.1, -0.05) is 12.1 Å². The number of benzene rings is 1. The van der Waals surface area contributed by atoms with E-state index < -0.39 is 0 Å². The van der Waals surface area contributed by atoms with Crippen LogP contribution in [0.25, 0.3) is 0 Å². The van der Waals surface area contributed by atoms with Gasteiger partial charge in [0.2, 0.25) is 5.91 Å². The molecule has 1 atom stereocenters. The van der Waals surface area contributed by atoms with Gasteiger partial charge < -0.3 is 16.0 Å². The number of hydrogen-bond acceptors (Lipinski definition) is 3. The van der Waals surface area contributed by atoms with Gasteiger partial charge in [0.05, 0.1) is 5.92 Å². The van der Waals surface area contributed by atoms with Crippen molar-refractivity contribution in [2.24, 2.45) is 11.7 Å². The minimum atomic E-state index is -0.160. The highest BCUT2D eigenvalue weighted by atomic mass is 16.1. The Bertz CT molecular complexity index is 398. The molecule has 0 aromatic heterocycles. The number of rotatable bonds is 6. The van der Waals surface area contributed by atoms with Crippen LogP contribution in [0.2, 0.25) is 0 Å². The molecule has 1 aromatic rings. The van der Waals surface area contributed by atoms with Crippen LogP contribution < -0.4 is 16.0 Å². The quantitative estimate of drug-likeness (QED) is 0.815. The van der Waals surface area contributed by atoms with Crippen LogP contribution in [-0.4, -0.2) is 32.6 Å². The second kappa shape index (κ2) is 7.14. The Morgan fingerprint density at radius 2 is 1.84 bits per heavy atom. The van der Waals surface area contributed by atoms with Crippen molar-refractivity contribution in [1.29, 1.82) is 0 Å². The van der Waals surface area contributed by atoms with Crippen LogP contribution >= 0.6 is 0 Å². The fourth-order valence-corrected chi connectivity index (χ4v) is 1.90. The summed E-state index contributed by atoms with van der Waals surface area (Å²) in [6.07, 6.45) is 0.683. The van der Waals surface area contributed by atoms with Gasteiger partial charge in [0.15, 0.2) is 0 Å². The van der Waals surface area contributed by atoms with Gasteiger partial charge in [-0.05, 0) is 38.0 Å². The number of nitrogens with two attached hydrogens (primary N) is 1. The predicted octanol–water partition coefficient (Wildman–Crippen LogP) is 1.39. The van der Waals surface area contributed by atoms with Crippen LogP contribution in [0.4, 0.5) is 5.69 Å². The zero-order chi connectivity index (χ0) is 14.4. The lowest BCUT2D eigenvalue weighted by Gasteiger charge is -2.18. The third kappa shape index (κ3) is 4.91. The first-order valence-corrected chi connectivity index (χ1v) is 6.70. The van der Waals surface area contributed by atoms with E-state index in [0.717, 1.165) is 11.3 Å². The minimum Gasteiger partial charge on any atom is -0.378 e. The number of amides is 1. The van der Waals surface area contributed by atoms with E-state index in [1.54, 1.807) is 0 Å². The van der Waals surface area contributed by atoms with E-state index in [9.17, 15) is 4.79 Å². The second-order valence-corrected chi connectivity index (χ2v) is 5.36. The Balaban J connectivity index is 2.67.